The van der Waals surface area contributed by atoms with Crippen LogP contribution >= 0.6 is 0 Å². The maximum atomic E-state index is 14.1. The van der Waals surface area contributed by atoms with E-state index in [0.29, 0.717) is 24.1 Å². The van der Waals surface area contributed by atoms with Gasteiger partial charge in [-0.15, -0.1) is 0 Å². The van der Waals surface area contributed by atoms with Crippen LogP contribution in [0.25, 0.3) is 0 Å². The van der Waals surface area contributed by atoms with Crippen molar-refractivity contribution in [2.24, 2.45) is 16.6 Å². The Balaban J connectivity index is 2.06. The highest BCUT2D eigenvalue weighted by Gasteiger charge is 2.48. The van der Waals surface area contributed by atoms with E-state index in [1.165, 1.54) is 12.5 Å². The number of nitrogens with zero attached hydrogens (tertiary/aromatic N) is 2. The van der Waals surface area contributed by atoms with Crippen LogP contribution < -0.4 is 10.6 Å². The maximum absolute atomic E-state index is 14.1. The van der Waals surface area contributed by atoms with Crippen molar-refractivity contribution in [3.05, 3.63) is 30.1 Å². The summed E-state index contributed by atoms with van der Waals surface area (Å²) in [5.41, 5.74) is 6.50. The lowest BCUT2D eigenvalue weighted by Gasteiger charge is -2.46. The Morgan fingerprint density at radius 2 is 2.16 bits per heavy atom. The number of nitrogens with two attached hydrogens (primary N) is 1. The molecule has 4 heteroatoms. The predicted octanol–water partition coefficient (Wildman–Crippen LogP) is 2.91. The van der Waals surface area contributed by atoms with Crippen molar-refractivity contribution in [2.45, 2.75) is 38.1 Å². The van der Waals surface area contributed by atoms with Crippen molar-refractivity contribution < 1.29 is 4.39 Å². The van der Waals surface area contributed by atoms with E-state index in [-0.39, 0.29) is 11.4 Å². The number of halogens is 1. The molecular formula is C15H20FN3. The van der Waals surface area contributed by atoms with Gasteiger partial charge in [0.05, 0.1) is 17.8 Å². The van der Waals surface area contributed by atoms with Gasteiger partial charge in [0.1, 0.15) is 5.82 Å². The van der Waals surface area contributed by atoms with Gasteiger partial charge in [-0.1, -0.05) is 31.9 Å². The number of hydrogen-bond donors (Lipinski definition) is 1. The zero-order chi connectivity index (χ0) is 13.5. The van der Waals surface area contributed by atoms with Gasteiger partial charge in [0.2, 0.25) is 0 Å². The predicted molar refractivity (Wildman–Crippen MR) is 75.7 cm³/mol. The Labute approximate surface area is 113 Å². The van der Waals surface area contributed by atoms with E-state index in [4.69, 9.17) is 5.73 Å². The lowest BCUT2D eigenvalue weighted by atomic mass is 9.73. The van der Waals surface area contributed by atoms with Crippen LogP contribution in [0, 0.1) is 11.7 Å². The summed E-state index contributed by atoms with van der Waals surface area (Å²) < 4.78 is 14.1. The van der Waals surface area contributed by atoms with E-state index in [2.05, 4.69) is 11.9 Å². The standard InChI is InChI=1S/C15H20FN3/c1-11-6-4-5-9-15(11)10-18-14(17)19(15)13-8-3-2-7-12(13)16/h2-3,7-8,11H,4-6,9-10H2,1H3,(H2,17,18). The number of para-hydroxylation sites is 1. The summed E-state index contributed by atoms with van der Waals surface area (Å²) in [6, 6.07) is 6.85. The molecule has 1 saturated carbocycles. The SMILES string of the molecule is CC1CCCCC12CN=C(N)N2c1ccccc1F. The number of rotatable bonds is 1. The van der Waals surface area contributed by atoms with E-state index >= 15 is 0 Å². The Hall–Kier alpha value is -1.58. The third kappa shape index (κ3) is 1.81. The molecule has 0 radical (unpaired) electrons. The summed E-state index contributed by atoms with van der Waals surface area (Å²) in [7, 11) is 0. The quantitative estimate of drug-likeness (QED) is 0.844. The van der Waals surface area contributed by atoms with Crippen molar-refractivity contribution in [2.75, 3.05) is 11.4 Å². The van der Waals surface area contributed by atoms with Crippen molar-refractivity contribution in [1.82, 2.24) is 0 Å². The lowest BCUT2D eigenvalue weighted by molar-refractivity contribution is 0.223. The summed E-state index contributed by atoms with van der Waals surface area (Å²) in [5.74, 6) is 0.712. The molecule has 102 valence electrons. The Bertz CT molecular complexity index is 514. The molecule has 1 aromatic carbocycles. The minimum Gasteiger partial charge on any atom is -0.369 e. The molecule has 19 heavy (non-hydrogen) atoms. The Morgan fingerprint density at radius 3 is 2.89 bits per heavy atom. The molecule has 2 N–H and O–H groups in total. The average molecular weight is 261 g/mol. The number of aliphatic imine (C=N–C) groups is 1. The average Bonchev–Trinajstić information content (AvgIpc) is 2.73. The molecule has 1 aliphatic heterocycles. The summed E-state index contributed by atoms with van der Waals surface area (Å²) >= 11 is 0. The van der Waals surface area contributed by atoms with Crippen LogP contribution in [-0.4, -0.2) is 18.0 Å². The van der Waals surface area contributed by atoms with Gasteiger partial charge < -0.3 is 10.6 Å². The minimum absolute atomic E-state index is 0.121. The first-order valence-electron chi connectivity index (χ1n) is 7.00. The van der Waals surface area contributed by atoms with Crippen LogP contribution in [-0.2, 0) is 0 Å². The van der Waals surface area contributed by atoms with Gasteiger partial charge in [-0.05, 0) is 30.9 Å². The molecule has 0 saturated heterocycles. The first-order valence-corrected chi connectivity index (χ1v) is 7.00. The van der Waals surface area contributed by atoms with E-state index in [1.54, 1.807) is 12.1 Å². The zero-order valence-corrected chi connectivity index (χ0v) is 11.3. The fourth-order valence-electron chi connectivity index (χ4n) is 3.55. The van der Waals surface area contributed by atoms with Gasteiger partial charge in [-0.25, -0.2) is 4.39 Å². The van der Waals surface area contributed by atoms with Crippen molar-refractivity contribution in [3.63, 3.8) is 0 Å². The van der Waals surface area contributed by atoms with Gasteiger partial charge in [-0.3, -0.25) is 4.99 Å². The molecule has 2 unspecified atom stereocenters. The van der Waals surface area contributed by atoms with Gasteiger partial charge >= 0.3 is 0 Å². The molecule has 1 fully saturated rings. The topological polar surface area (TPSA) is 41.6 Å². The van der Waals surface area contributed by atoms with Crippen molar-refractivity contribution in [3.8, 4) is 0 Å². The smallest absolute Gasteiger partial charge is 0.196 e. The van der Waals surface area contributed by atoms with Crippen LogP contribution in [0.2, 0.25) is 0 Å². The maximum Gasteiger partial charge on any atom is 0.196 e. The lowest BCUT2D eigenvalue weighted by Crippen LogP contribution is -2.57. The third-order valence-electron chi connectivity index (χ3n) is 4.70. The molecule has 0 aromatic heterocycles. The van der Waals surface area contributed by atoms with Gasteiger partial charge in [0.15, 0.2) is 5.96 Å². The zero-order valence-electron chi connectivity index (χ0n) is 11.3. The van der Waals surface area contributed by atoms with Crippen LogP contribution in [0.5, 0.6) is 0 Å². The second-order valence-electron chi connectivity index (χ2n) is 5.71. The van der Waals surface area contributed by atoms with Crippen LogP contribution in [0.1, 0.15) is 32.6 Å². The first-order chi connectivity index (χ1) is 9.15. The Kier molecular flexibility index (Phi) is 2.96. The molecule has 1 aromatic rings. The molecule has 0 bridgehead atoms. The highest BCUT2D eigenvalue weighted by molar-refractivity contribution is 5.98. The fourth-order valence-corrected chi connectivity index (χ4v) is 3.55. The molecule has 0 amide bonds. The summed E-state index contributed by atoms with van der Waals surface area (Å²) in [6.45, 7) is 2.93. The van der Waals surface area contributed by atoms with Gasteiger partial charge in [0, 0.05) is 0 Å². The molecule has 1 spiro atoms. The van der Waals surface area contributed by atoms with Crippen molar-refractivity contribution >= 4 is 11.6 Å². The number of benzene rings is 1. The van der Waals surface area contributed by atoms with Crippen LogP contribution in [0.3, 0.4) is 0 Å². The second kappa shape index (κ2) is 4.51. The van der Waals surface area contributed by atoms with Gasteiger partial charge in [0.25, 0.3) is 0 Å². The second-order valence-corrected chi connectivity index (χ2v) is 5.71. The molecular weight excluding hydrogens is 241 g/mol. The summed E-state index contributed by atoms with van der Waals surface area (Å²) in [6.07, 6.45) is 4.60. The molecule has 2 aliphatic rings. The molecule has 2 atom stereocenters. The minimum atomic E-state index is -0.223. The molecule has 1 aliphatic carbocycles. The Morgan fingerprint density at radius 1 is 1.37 bits per heavy atom. The summed E-state index contributed by atoms with van der Waals surface area (Å²) in [5, 5.41) is 0. The summed E-state index contributed by atoms with van der Waals surface area (Å²) in [4.78, 5) is 6.37. The largest absolute Gasteiger partial charge is 0.369 e. The number of guanidine groups is 1. The van der Waals surface area contributed by atoms with Crippen molar-refractivity contribution in [1.29, 1.82) is 0 Å². The monoisotopic (exact) mass is 261 g/mol. The molecule has 3 rings (SSSR count). The highest BCUT2D eigenvalue weighted by atomic mass is 19.1. The van der Waals surface area contributed by atoms with Crippen LogP contribution in [0.4, 0.5) is 10.1 Å². The molecule has 3 nitrogen and oxygen atoms in total. The normalized spacial score (nSPS) is 30.7. The van der Waals surface area contributed by atoms with Gasteiger partial charge in [-0.2, -0.15) is 0 Å². The first kappa shape index (κ1) is 12.5. The number of anilines is 1. The molecule has 1 heterocycles. The van der Waals surface area contributed by atoms with E-state index in [1.807, 2.05) is 11.0 Å². The van der Waals surface area contributed by atoms with E-state index < -0.39 is 0 Å². The third-order valence-corrected chi connectivity index (χ3v) is 4.70. The number of hydrogen-bond acceptors (Lipinski definition) is 3. The fraction of sp³-hybridized carbons (Fsp3) is 0.533. The highest BCUT2D eigenvalue weighted by Crippen LogP contribution is 2.43. The van der Waals surface area contributed by atoms with E-state index in [9.17, 15) is 4.39 Å². The van der Waals surface area contributed by atoms with Crippen LogP contribution in [0.15, 0.2) is 29.3 Å². The van der Waals surface area contributed by atoms with E-state index in [0.717, 1.165) is 19.3 Å².